The smallest absolute Gasteiger partial charge is 0.227 e. The monoisotopic (exact) mass is 521 g/mol. The summed E-state index contributed by atoms with van der Waals surface area (Å²) in [5.74, 6) is 4.18. The lowest BCUT2D eigenvalue weighted by atomic mass is 10.1. The lowest BCUT2D eigenvalue weighted by Gasteiger charge is -2.31. The summed E-state index contributed by atoms with van der Waals surface area (Å²) >= 11 is 0. The zero-order chi connectivity index (χ0) is 25.9. The van der Waals surface area contributed by atoms with Crippen molar-refractivity contribution in [3.05, 3.63) is 23.9 Å². The molecule has 0 atom stereocenters. The summed E-state index contributed by atoms with van der Waals surface area (Å²) in [6.45, 7) is 5.83. The molecule has 2 saturated heterocycles. The van der Waals surface area contributed by atoms with Crippen LogP contribution in [-0.4, -0.2) is 84.7 Å². The third-order valence-corrected chi connectivity index (χ3v) is 7.96. The van der Waals surface area contributed by atoms with E-state index >= 15 is 0 Å². The molecule has 1 aromatic carbocycles. The highest BCUT2D eigenvalue weighted by Gasteiger charge is 2.26. The van der Waals surface area contributed by atoms with Gasteiger partial charge in [-0.1, -0.05) is 0 Å². The van der Waals surface area contributed by atoms with E-state index in [1.54, 1.807) is 14.2 Å². The number of ether oxygens (including phenoxy) is 3. The van der Waals surface area contributed by atoms with E-state index in [4.69, 9.17) is 24.2 Å². The second-order valence-corrected chi connectivity index (χ2v) is 10.7. The Morgan fingerprint density at radius 1 is 0.974 bits per heavy atom. The number of fused-ring (bicyclic) bond motifs is 1. The largest absolute Gasteiger partial charge is 0.493 e. The highest BCUT2D eigenvalue weighted by atomic mass is 16.5. The maximum atomic E-state index is 6.22. The van der Waals surface area contributed by atoms with Gasteiger partial charge in [-0.3, -0.25) is 5.10 Å². The van der Waals surface area contributed by atoms with E-state index in [2.05, 4.69) is 31.4 Å². The molecule has 0 radical (unpaired) electrons. The van der Waals surface area contributed by atoms with Crippen molar-refractivity contribution in [2.75, 3.05) is 63.8 Å². The second-order valence-electron chi connectivity index (χ2n) is 10.7. The van der Waals surface area contributed by atoms with Gasteiger partial charge in [0.25, 0.3) is 0 Å². The quantitative estimate of drug-likeness (QED) is 0.354. The number of aromatic amines is 1. The van der Waals surface area contributed by atoms with Gasteiger partial charge < -0.3 is 29.3 Å². The fourth-order valence-corrected chi connectivity index (χ4v) is 5.53. The number of methoxy groups -OCH3 is 2. The molecule has 0 unspecified atom stereocenters. The van der Waals surface area contributed by atoms with Gasteiger partial charge in [0.05, 0.1) is 25.3 Å². The molecule has 10 nitrogen and oxygen atoms in total. The summed E-state index contributed by atoms with van der Waals surface area (Å²) in [4.78, 5) is 14.7. The molecule has 3 aromatic rings. The first-order valence-electron chi connectivity index (χ1n) is 14.0. The van der Waals surface area contributed by atoms with Gasteiger partial charge in [-0.2, -0.15) is 10.1 Å². The van der Waals surface area contributed by atoms with E-state index in [1.165, 1.54) is 44.5 Å². The van der Waals surface area contributed by atoms with Gasteiger partial charge in [-0.15, -0.1) is 0 Å². The SMILES string of the molecule is COc1cc2c(Nc3cc(C4CC4)[nH]n3)nc(N3CCC(OC)CC3)nc2cc1OCCCN1CCCC1. The van der Waals surface area contributed by atoms with E-state index in [0.717, 1.165) is 55.6 Å². The standard InChI is InChI=1S/C28H39N7O3/c1-36-20-8-13-35(14-9-20)28-29-23-17-25(38-15-5-12-34-10-3-4-11-34)24(37-2)16-21(23)27(31-28)30-26-18-22(32-33-26)19-6-7-19/h16-20H,3-15H2,1-2H3,(H2,29,30,31,32,33). The fourth-order valence-electron chi connectivity index (χ4n) is 5.53. The molecule has 6 rings (SSSR count). The minimum absolute atomic E-state index is 0.291. The van der Waals surface area contributed by atoms with Crippen LogP contribution in [0.15, 0.2) is 18.2 Å². The summed E-state index contributed by atoms with van der Waals surface area (Å²) in [5, 5.41) is 12.0. The Bertz CT molecular complexity index is 1230. The van der Waals surface area contributed by atoms with Crippen LogP contribution in [-0.2, 0) is 4.74 Å². The zero-order valence-corrected chi connectivity index (χ0v) is 22.5. The van der Waals surface area contributed by atoms with Crippen LogP contribution < -0.4 is 19.7 Å². The average molecular weight is 522 g/mol. The van der Waals surface area contributed by atoms with Crippen LogP contribution in [0.3, 0.4) is 0 Å². The average Bonchev–Trinajstić information content (AvgIpc) is 3.46. The molecule has 0 bridgehead atoms. The molecule has 1 aliphatic carbocycles. The molecule has 3 aliphatic rings. The molecule has 0 amide bonds. The van der Waals surface area contributed by atoms with Crippen LogP contribution in [0.1, 0.15) is 56.6 Å². The first-order chi connectivity index (χ1) is 18.7. The minimum atomic E-state index is 0.291. The number of nitrogens with one attached hydrogen (secondary N) is 2. The Hall–Kier alpha value is -3.11. The molecule has 2 aromatic heterocycles. The third kappa shape index (κ3) is 5.66. The Balaban J connectivity index is 1.28. The van der Waals surface area contributed by atoms with Crippen molar-refractivity contribution in [3.63, 3.8) is 0 Å². The van der Waals surface area contributed by atoms with Crippen LogP contribution in [0.4, 0.5) is 17.6 Å². The second kappa shape index (κ2) is 11.3. The molecular weight excluding hydrogens is 482 g/mol. The number of hydrogen-bond acceptors (Lipinski definition) is 9. The number of piperidine rings is 1. The predicted octanol–water partition coefficient (Wildman–Crippen LogP) is 4.46. The van der Waals surface area contributed by atoms with Crippen LogP contribution >= 0.6 is 0 Å². The summed E-state index contributed by atoms with van der Waals surface area (Å²) in [5.41, 5.74) is 1.99. The predicted molar refractivity (Wildman–Crippen MR) is 148 cm³/mol. The highest BCUT2D eigenvalue weighted by Crippen LogP contribution is 2.40. The van der Waals surface area contributed by atoms with E-state index in [9.17, 15) is 0 Å². The van der Waals surface area contributed by atoms with Crippen LogP contribution in [0.5, 0.6) is 11.5 Å². The zero-order valence-electron chi connectivity index (χ0n) is 22.5. The number of anilines is 3. The van der Waals surface area contributed by atoms with Crippen molar-refractivity contribution in [3.8, 4) is 11.5 Å². The molecule has 2 N–H and O–H groups in total. The minimum Gasteiger partial charge on any atom is -0.493 e. The van der Waals surface area contributed by atoms with Crippen molar-refractivity contribution in [2.45, 2.75) is 57.0 Å². The molecule has 204 valence electrons. The van der Waals surface area contributed by atoms with E-state index in [1.807, 2.05) is 12.1 Å². The van der Waals surface area contributed by atoms with Crippen LogP contribution in [0.25, 0.3) is 10.9 Å². The van der Waals surface area contributed by atoms with Crippen molar-refractivity contribution >= 4 is 28.5 Å². The van der Waals surface area contributed by atoms with Crippen molar-refractivity contribution < 1.29 is 14.2 Å². The lowest BCUT2D eigenvalue weighted by Crippen LogP contribution is -2.37. The number of hydrogen-bond donors (Lipinski definition) is 2. The number of likely N-dealkylation sites (tertiary alicyclic amines) is 1. The fraction of sp³-hybridized carbons (Fsp3) is 0.607. The molecule has 38 heavy (non-hydrogen) atoms. The van der Waals surface area contributed by atoms with Gasteiger partial charge in [-0.25, -0.2) is 4.98 Å². The van der Waals surface area contributed by atoms with E-state index in [0.29, 0.717) is 41.9 Å². The molecule has 10 heteroatoms. The maximum Gasteiger partial charge on any atom is 0.227 e. The highest BCUT2D eigenvalue weighted by molar-refractivity contribution is 5.94. The third-order valence-electron chi connectivity index (χ3n) is 7.96. The van der Waals surface area contributed by atoms with Crippen molar-refractivity contribution in [1.29, 1.82) is 0 Å². The van der Waals surface area contributed by atoms with Gasteiger partial charge in [0.15, 0.2) is 17.3 Å². The molecule has 4 heterocycles. The molecular formula is C28H39N7O3. The first-order valence-corrected chi connectivity index (χ1v) is 14.0. The van der Waals surface area contributed by atoms with Crippen molar-refractivity contribution in [2.24, 2.45) is 0 Å². The molecule has 3 fully saturated rings. The maximum absolute atomic E-state index is 6.22. The number of nitrogens with zero attached hydrogens (tertiary/aromatic N) is 5. The molecule has 0 spiro atoms. The molecule has 2 aliphatic heterocycles. The summed E-state index contributed by atoms with van der Waals surface area (Å²) in [7, 11) is 3.46. The van der Waals surface area contributed by atoms with Crippen LogP contribution in [0.2, 0.25) is 0 Å². The van der Waals surface area contributed by atoms with Gasteiger partial charge in [-0.05, 0) is 64.1 Å². The number of rotatable bonds is 11. The Morgan fingerprint density at radius 2 is 1.79 bits per heavy atom. The Kier molecular flexibility index (Phi) is 7.51. The number of aromatic nitrogens is 4. The summed E-state index contributed by atoms with van der Waals surface area (Å²) < 4.78 is 17.5. The summed E-state index contributed by atoms with van der Waals surface area (Å²) in [6.07, 6.45) is 8.24. The Labute approximate surface area is 224 Å². The first kappa shape index (κ1) is 25.2. The van der Waals surface area contributed by atoms with Gasteiger partial charge >= 0.3 is 0 Å². The number of H-pyrrole nitrogens is 1. The van der Waals surface area contributed by atoms with Gasteiger partial charge in [0.1, 0.15) is 5.82 Å². The molecule has 1 saturated carbocycles. The van der Waals surface area contributed by atoms with E-state index in [-0.39, 0.29) is 0 Å². The van der Waals surface area contributed by atoms with Crippen LogP contribution in [0, 0.1) is 0 Å². The van der Waals surface area contributed by atoms with Gasteiger partial charge in [0.2, 0.25) is 5.95 Å². The number of benzene rings is 1. The van der Waals surface area contributed by atoms with Crippen molar-refractivity contribution in [1.82, 2.24) is 25.1 Å². The Morgan fingerprint density at radius 3 is 2.53 bits per heavy atom. The summed E-state index contributed by atoms with van der Waals surface area (Å²) in [6, 6.07) is 6.05. The normalized spacial score (nSPS) is 18.8. The lowest BCUT2D eigenvalue weighted by molar-refractivity contribution is 0.0817. The topological polar surface area (TPSA) is 101 Å². The van der Waals surface area contributed by atoms with Gasteiger partial charge in [0, 0.05) is 55.9 Å². The van der Waals surface area contributed by atoms with E-state index < -0.39 is 0 Å².